The van der Waals surface area contributed by atoms with E-state index in [1.54, 1.807) is 19.1 Å². The highest BCUT2D eigenvalue weighted by atomic mass is 19.2. The van der Waals surface area contributed by atoms with E-state index in [0.29, 0.717) is 36.1 Å². The van der Waals surface area contributed by atoms with E-state index >= 15 is 0 Å². The molecule has 0 spiro atoms. The van der Waals surface area contributed by atoms with E-state index < -0.39 is 29.8 Å². The molecular formula is C27H34F3NO4. The van der Waals surface area contributed by atoms with Gasteiger partial charge in [-0.25, -0.2) is 13.2 Å². The van der Waals surface area contributed by atoms with Crippen molar-refractivity contribution in [3.05, 3.63) is 70.0 Å². The molecule has 0 amide bonds. The van der Waals surface area contributed by atoms with Gasteiger partial charge in [-0.15, -0.1) is 0 Å². The lowest BCUT2D eigenvalue weighted by Gasteiger charge is -2.28. The van der Waals surface area contributed by atoms with E-state index in [0.717, 1.165) is 37.1 Å². The van der Waals surface area contributed by atoms with Gasteiger partial charge in [-0.05, 0) is 86.0 Å². The fraction of sp³-hybridized carbons (Fsp3) is 0.519. The molecule has 1 heterocycles. The first kappa shape index (κ1) is 27.2. The molecule has 3 rings (SSSR count). The molecule has 0 aliphatic carbocycles. The Morgan fingerprint density at radius 3 is 2.60 bits per heavy atom. The summed E-state index contributed by atoms with van der Waals surface area (Å²) in [6.07, 6.45) is 1.54. The van der Waals surface area contributed by atoms with Crippen LogP contribution in [0.25, 0.3) is 0 Å². The molecule has 8 heteroatoms. The highest BCUT2D eigenvalue weighted by Crippen LogP contribution is 2.29. The molecule has 3 atom stereocenters. The van der Waals surface area contributed by atoms with Crippen molar-refractivity contribution in [2.24, 2.45) is 0 Å². The van der Waals surface area contributed by atoms with Crippen LogP contribution < -0.4 is 0 Å². The number of aryl methyl sites for hydroxylation is 2. The van der Waals surface area contributed by atoms with E-state index in [-0.39, 0.29) is 31.3 Å². The summed E-state index contributed by atoms with van der Waals surface area (Å²) in [5.41, 5.74) is 2.33. The van der Waals surface area contributed by atoms with Crippen LogP contribution in [0.4, 0.5) is 13.2 Å². The smallest absolute Gasteiger partial charge is 0.303 e. The van der Waals surface area contributed by atoms with Gasteiger partial charge in [0, 0.05) is 19.0 Å². The summed E-state index contributed by atoms with van der Waals surface area (Å²) in [7, 11) is 0. The number of hydrogen-bond donors (Lipinski definition) is 2. The van der Waals surface area contributed by atoms with Crippen LogP contribution in [0, 0.1) is 24.4 Å². The first-order valence-electron chi connectivity index (χ1n) is 12.2. The Kier molecular flexibility index (Phi) is 9.71. The number of aliphatic hydroxyl groups excluding tert-OH is 1. The summed E-state index contributed by atoms with van der Waals surface area (Å²) in [6.45, 7) is 4.78. The van der Waals surface area contributed by atoms with E-state index in [1.807, 2.05) is 13.0 Å². The van der Waals surface area contributed by atoms with Crippen LogP contribution in [0.15, 0.2) is 30.3 Å². The molecule has 2 aromatic rings. The number of carbonyl (C=O) groups is 1. The van der Waals surface area contributed by atoms with E-state index in [9.17, 15) is 23.1 Å². The second-order valence-corrected chi connectivity index (χ2v) is 9.32. The number of halogens is 3. The number of β-amino-alcohol motifs (C(OH)–C–C–N with tert-alkyl or cyclic N) is 1. The molecule has 1 fully saturated rings. The number of likely N-dealkylation sites (tertiary alicyclic amines) is 1. The molecule has 0 unspecified atom stereocenters. The predicted octanol–water partition coefficient (Wildman–Crippen LogP) is 4.97. The molecule has 0 saturated carbocycles. The number of benzene rings is 2. The van der Waals surface area contributed by atoms with Crippen molar-refractivity contribution in [2.45, 2.75) is 70.6 Å². The van der Waals surface area contributed by atoms with Crippen LogP contribution >= 0.6 is 0 Å². The van der Waals surface area contributed by atoms with Crippen molar-refractivity contribution in [3.8, 4) is 0 Å². The summed E-state index contributed by atoms with van der Waals surface area (Å²) >= 11 is 0. The molecule has 5 nitrogen and oxygen atoms in total. The van der Waals surface area contributed by atoms with Crippen LogP contribution in [0.5, 0.6) is 0 Å². The summed E-state index contributed by atoms with van der Waals surface area (Å²) in [5.74, 6) is -3.30. The van der Waals surface area contributed by atoms with Gasteiger partial charge in [0.15, 0.2) is 11.6 Å². The maximum Gasteiger partial charge on any atom is 0.303 e. The quantitative estimate of drug-likeness (QED) is 0.437. The predicted molar refractivity (Wildman–Crippen MR) is 127 cm³/mol. The summed E-state index contributed by atoms with van der Waals surface area (Å²) in [5, 5.41) is 19.7. The lowest BCUT2D eigenvalue weighted by molar-refractivity contribution is -0.136. The number of ether oxygens (including phenoxy) is 1. The lowest BCUT2D eigenvalue weighted by atomic mass is 9.96. The van der Waals surface area contributed by atoms with Crippen molar-refractivity contribution >= 4 is 5.97 Å². The molecule has 2 aromatic carbocycles. The zero-order valence-corrected chi connectivity index (χ0v) is 20.3. The molecule has 0 aromatic heterocycles. The standard InChI is InChI=1S/C27H34F3NO4/c1-3-26(22-14-25(30)24(29)13-19(22)8-9-27(33)34)35-16-21(32)15-31-10-4-5-20(31)11-18-7-6-17(2)23(28)12-18/h6-7,12-14,20-21,26,32H,3-5,8-11,15-16H2,1-2H3,(H,33,34)/t20-,21+,26+/m0/s1. The summed E-state index contributed by atoms with van der Waals surface area (Å²) < 4.78 is 47.6. The van der Waals surface area contributed by atoms with Gasteiger partial charge in [-0.2, -0.15) is 0 Å². The Morgan fingerprint density at radius 1 is 1.17 bits per heavy atom. The minimum atomic E-state index is -1.03. The van der Waals surface area contributed by atoms with Crippen LogP contribution in [0.1, 0.15) is 61.0 Å². The van der Waals surface area contributed by atoms with Crippen LogP contribution in [-0.2, 0) is 22.4 Å². The molecular weight excluding hydrogens is 459 g/mol. The molecule has 0 radical (unpaired) electrons. The van der Waals surface area contributed by atoms with Crippen LogP contribution in [0.3, 0.4) is 0 Å². The average molecular weight is 494 g/mol. The van der Waals surface area contributed by atoms with Crippen molar-refractivity contribution in [1.29, 1.82) is 0 Å². The third-order valence-corrected chi connectivity index (χ3v) is 6.65. The Morgan fingerprint density at radius 2 is 1.91 bits per heavy atom. The van der Waals surface area contributed by atoms with Crippen molar-refractivity contribution in [3.63, 3.8) is 0 Å². The average Bonchev–Trinajstić information content (AvgIpc) is 3.23. The normalized spacial score (nSPS) is 18.1. The Labute approximate surface area is 204 Å². The largest absolute Gasteiger partial charge is 0.481 e. The number of nitrogens with zero attached hydrogens (tertiary/aromatic N) is 1. The number of carboxylic acids is 1. The zero-order valence-electron chi connectivity index (χ0n) is 20.3. The summed E-state index contributed by atoms with van der Waals surface area (Å²) in [4.78, 5) is 13.2. The lowest BCUT2D eigenvalue weighted by Crippen LogP contribution is -2.39. The van der Waals surface area contributed by atoms with Gasteiger partial charge in [-0.1, -0.05) is 19.1 Å². The molecule has 35 heavy (non-hydrogen) atoms. The molecule has 2 N–H and O–H groups in total. The third kappa shape index (κ3) is 7.53. The molecule has 1 aliphatic heterocycles. The number of aliphatic carboxylic acids is 1. The third-order valence-electron chi connectivity index (χ3n) is 6.65. The van der Waals surface area contributed by atoms with Crippen molar-refractivity contribution < 1.29 is 32.9 Å². The van der Waals surface area contributed by atoms with Gasteiger partial charge in [0.05, 0.1) is 18.8 Å². The van der Waals surface area contributed by atoms with Gasteiger partial charge < -0.3 is 14.9 Å². The zero-order chi connectivity index (χ0) is 25.5. The second-order valence-electron chi connectivity index (χ2n) is 9.32. The minimum Gasteiger partial charge on any atom is -0.481 e. The van der Waals surface area contributed by atoms with Crippen LogP contribution in [0.2, 0.25) is 0 Å². The monoisotopic (exact) mass is 493 g/mol. The number of hydrogen-bond acceptors (Lipinski definition) is 4. The van der Waals surface area contributed by atoms with E-state index in [2.05, 4.69) is 4.90 Å². The Hall–Kier alpha value is -2.42. The minimum absolute atomic E-state index is 0.00173. The van der Waals surface area contributed by atoms with Gasteiger partial charge in [0.1, 0.15) is 5.82 Å². The van der Waals surface area contributed by atoms with E-state index in [4.69, 9.17) is 9.84 Å². The van der Waals surface area contributed by atoms with Crippen molar-refractivity contribution in [2.75, 3.05) is 19.7 Å². The Bertz CT molecular complexity index is 1020. The summed E-state index contributed by atoms with van der Waals surface area (Å²) in [6, 6.07) is 7.57. The van der Waals surface area contributed by atoms with Gasteiger partial charge in [0.25, 0.3) is 0 Å². The first-order valence-corrected chi connectivity index (χ1v) is 12.2. The fourth-order valence-corrected chi connectivity index (χ4v) is 4.74. The first-order chi connectivity index (χ1) is 16.7. The molecule has 1 aliphatic rings. The molecule has 192 valence electrons. The highest BCUT2D eigenvalue weighted by molar-refractivity contribution is 5.67. The SMILES string of the molecule is CC[C@@H](OC[C@H](O)CN1CCC[C@H]1Cc1ccc(C)c(F)c1)c1cc(F)c(F)cc1CCC(=O)O. The maximum atomic E-state index is 14.0. The van der Waals surface area contributed by atoms with Crippen molar-refractivity contribution in [1.82, 2.24) is 4.90 Å². The molecule has 0 bridgehead atoms. The second kappa shape index (κ2) is 12.5. The highest BCUT2D eigenvalue weighted by Gasteiger charge is 2.27. The number of aliphatic hydroxyl groups is 1. The maximum absolute atomic E-state index is 14.0. The van der Waals surface area contributed by atoms with Gasteiger partial charge in [-0.3, -0.25) is 9.69 Å². The van der Waals surface area contributed by atoms with Gasteiger partial charge in [0.2, 0.25) is 0 Å². The number of carboxylic acid groups (broad SMARTS) is 1. The number of rotatable bonds is 12. The van der Waals surface area contributed by atoms with E-state index in [1.165, 1.54) is 0 Å². The van der Waals surface area contributed by atoms with Gasteiger partial charge >= 0.3 is 5.97 Å². The fourth-order valence-electron chi connectivity index (χ4n) is 4.74. The van der Waals surface area contributed by atoms with Crippen LogP contribution in [-0.4, -0.2) is 52.9 Å². The topological polar surface area (TPSA) is 70.0 Å². The Balaban J connectivity index is 1.60. The molecule has 1 saturated heterocycles.